The van der Waals surface area contributed by atoms with Crippen LogP contribution in [0.15, 0.2) is 78.9 Å². The number of rotatable bonds is 20. The molecule has 44 heavy (non-hydrogen) atoms. The van der Waals surface area contributed by atoms with Crippen LogP contribution in [0.2, 0.25) is 0 Å². The maximum absolute atomic E-state index is 13.4. The lowest BCUT2D eigenvalue weighted by Crippen LogP contribution is -2.58. The van der Waals surface area contributed by atoms with Crippen molar-refractivity contribution in [3.05, 3.63) is 95.6 Å². The van der Waals surface area contributed by atoms with Gasteiger partial charge in [0.25, 0.3) is 5.91 Å². The molecule has 0 atom stereocenters. The Morgan fingerprint density at radius 2 is 0.977 bits per heavy atom. The van der Waals surface area contributed by atoms with E-state index in [9.17, 15) is 19.2 Å². The quantitative estimate of drug-likeness (QED) is 0.138. The van der Waals surface area contributed by atoms with Gasteiger partial charge in [-0.3, -0.25) is 19.2 Å². The third kappa shape index (κ3) is 12.0. The third-order valence-electron chi connectivity index (χ3n) is 6.58. The normalized spacial score (nSPS) is 11.2. The molecule has 0 spiro atoms. The Balaban J connectivity index is 1.73. The standard InChI is InChI=1S/C33H37NO10/c35-29(36)14-17-42-21-33(22-43-18-15-30(37)38,23-44-19-16-31(39)40)34-32(41)28-12-10-27(11-13-28)26-8-6-25(7-9-26)20-24-4-2-1-3-5-24/h1-13H,14-23H2,(H,34,41)(H,35,36)(H,37,38)(H,39,40). The number of carbonyl (C=O) groups excluding carboxylic acids is 1. The SMILES string of the molecule is O=C(O)CCOCC(COCCC(=O)O)(COCCC(=O)O)NC(=O)c1ccc(-c2ccc(Cc3ccccc3)cc2)cc1. The lowest BCUT2D eigenvalue weighted by molar-refractivity contribution is -0.139. The Bertz CT molecular complexity index is 1300. The molecule has 0 bridgehead atoms. The monoisotopic (exact) mass is 607 g/mol. The number of ether oxygens (including phenoxy) is 3. The smallest absolute Gasteiger partial charge is 0.305 e. The van der Waals surface area contributed by atoms with E-state index >= 15 is 0 Å². The van der Waals surface area contributed by atoms with Gasteiger partial charge in [-0.15, -0.1) is 0 Å². The molecule has 0 saturated carbocycles. The molecule has 3 aromatic carbocycles. The van der Waals surface area contributed by atoms with Crippen LogP contribution in [-0.4, -0.2) is 84.3 Å². The summed E-state index contributed by atoms with van der Waals surface area (Å²) in [5.41, 5.74) is 3.24. The highest BCUT2D eigenvalue weighted by Crippen LogP contribution is 2.22. The molecule has 0 fully saturated rings. The second kappa shape index (κ2) is 17.5. The van der Waals surface area contributed by atoms with Crippen molar-refractivity contribution in [3.8, 4) is 11.1 Å². The number of benzene rings is 3. The first-order valence-electron chi connectivity index (χ1n) is 14.1. The summed E-state index contributed by atoms with van der Waals surface area (Å²) in [7, 11) is 0. The summed E-state index contributed by atoms with van der Waals surface area (Å²) in [4.78, 5) is 46.2. The van der Waals surface area contributed by atoms with E-state index in [4.69, 9.17) is 29.5 Å². The average Bonchev–Trinajstić information content (AvgIpc) is 3.00. The molecule has 3 rings (SSSR count). The molecule has 11 heteroatoms. The first-order valence-corrected chi connectivity index (χ1v) is 14.1. The first-order chi connectivity index (χ1) is 21.2. The van der Waals surface area contributed by atoms with E-state index in [1.54, 1.807) is 12.1 Å². The fraction of sp³-hybridized carbons (Fsp3) is 0.333. The summed E-state index contributed by atoms with van der Waals surface area (Å²) >= 11 is 0. The van der Waals surface area contributed by atoms with Gasteiger partial charge in [0.2, 0.25) is 0 Å². The second-order valence-corrected chi connectivity index (χ2v) is 10.3. The first kappa shape index (κ1) is 33.9. The van der Waals surface area contributed by atoms with Crippen molar-refractivity contribution in [1.29, 1.82) is 0 Å². The summed E-state index contributed by atoms with van der Waals surface area (Å²) in [6.45, 7) is -1.14. The topological polar surface area (TPSA) is 169 Å². The number of carboxylic acids is 3. The minimum atomic E-state index is -1.36. The van der Waals surface area contributed by atoms with Crippen molar-refractivity contribution < 1.29 is 48.7 Å². The van der Waals surface area contributed by atoms with Crippen molar-refractivity contribution in [2.24, 2.45) is 0 Å². The van der Waals surface area contributed by atoms with Crippen LogP contribution in [0.1, 0.15) is 40.7 Å². The van der Waals surface area contributed by atoms with Gasteiger partial charge in [0.05, 0.1) is 58.9 Å². The van der Waals surface area contributed by atoms with Crippen LogP contribution in [0.5, 0.6) is 0 Å². The van der Waals surface area contributed by atoms with Gasteiger partial charge < -0.3 is 34.8 Å². The van der Waals surface area contributed by atoms with Crippen LogP contribution in [0.3, 0.4) is 0 Å². The molecule has 0 saturated heterocycles. The summed E-state index contributed by atoms with van der Waals surface area (Å²) in [5, 5.41) is 29.7. The minimum Gasteiger partial charge on any atom is -0.481 e. The van der Waals surface area contributed by atoms with Crippen LogP contribution in [-0.2, 0) is 35.0 Å². The van der Waals surface area contributed by atoms with Crippen LogP contribution in [0.25, 0.3) is 11.1 Å². The zero-order chi connectivity index (χ0) is 31.8. The fourth-order valence-electron chi connectivity index (χ4n) is 4.29. The number of aliphatic carboxylic acids is 3. The molecule has 0 aliphatic carbocycles. The molecule has 3 aromatic rings. The Morgan fingerprint density at radius 3 is 1.41 bits per heavy atom. The number of carbonyl (C=O) groups is 4. The highest BCUT2D eigenvalue weighted by molar-refractivity contribution is 5.95. The van der Waals surface area contributed by atoms with Gasteiger partial charge in [0.1, 0.15) is 5.54 Å². The number of hydrogen-bond acceptors (Lipinski definition) is 7. The van der Waals surface area contributed by atoms with Crippen LogP contribution < -0.4 is 5.32 Å². The van der Waals surface area contributed by atoms with Gasteiger partial charge in [0, 0.05) is 5.56 Å². The third-order valence-corrected chi connectivity index (χ3v) is 6.58. The van der Waals surface area contributed by atoms with E-state index in [0.29, 0.717) is 5.56 Å². The number of carboxylic acid groups (broad SMARTS) is 3. The van der Waals surface area contributed by atoms with E-state index < -0.39 is 29.4 Å². The van der Waals surface area contributed by atoms with E-state index in [2.05, 4.69) is 29.6 Å². The number of nitrogens with one attached hydrogen (secondary N) is 1. The van der Waals surface area contributed by atoms with Gasteiger partial charge in [-0.2, -0.15) is 0 Å². The van der Waals surface area contributed by atoms with Crippen molar-refractivity contribution in [1.82, 2.24) is 5.32 Å². The molecule has 11 nitrogen and oxygen atoms in total. The predicted molar refractivity (Wildman–Crippen MR) is 161 cm³/mol. The van der Waals surface area contributed by atoms with E-state index in [1.165, 1.54) is 11.1 Å². The maximum atomic E-state index is 13.4. The fourth-order valence-corrected chi connectivity index (χ4v) is 4.29. The molecule has 0 radical (unpaired) electrons. The Kier molecular flexibility index (Phi) is 13.5. The Hall–Kier alpha value is -4.58. The van der Waals surface area contributed by atoms with Gasteiger partial charge >= 0.3 is 17.9 Å². The van der Waals surface area contributed by atoms with Crippen molar-refractivity contribution in [2.45, 2.75) is 31.2 Å². The summed E-state index contributed by atoms with van der Waals surface area (Å²) in [6, 6.07) is 25.3. The molecule has 234 valence electrons. The Morgan fingerprint density at radius 1 is 0.568 bits per heavy atom. The average molecular weight is 608 g/mol. The Labute approximate surface area is 255 Å². The van der Waals surface area contributed by atoms with E-state index in [0.717, 1.165) is 17.5 Å². The number of hydrogen-bond donors (Lipinski definition) is 4. The number of amides is 1. The highest BCUT2D eigenvalue weighted by Gasteiger charge is 2.34. The van der Waals surface area contributed by atoms with Gasteiger partial charge in [-0.25, -0.2) is 0 Å². The second-order valence-electron chi connectivity index (χ2n) is 10.3. The van der Waals surface area contributed by atoms with Gasteiger partial charge in [-0.05, 0) is 40.8 Å². The largest absolute Gasteiger partial charge is 0.481 e. The van der Waals surface area contributed by atoms with Crippen molar-refractivity contribution >= 4 is 23.8 Å². The zero-order valence-corrected chi connectivity index (χ0v) is 24.3. The molecule has 1 amide bonds. The summed E-state index contributed by atoms with van der Waals surface area (Å²) in [6.07, 6.45) is -0.0164. The van der Waals surface area contributed by atoms with Gasteiger partial charge in [-0.1, -0.05) is 66.7 Å². The molecular formula is C33H37NO10. The lowest BCUT2D eigenvalue weighted by Gasteiger charge is -2.34. The molecule has 0 aliphatic heterocycles. The predicted octanol–water partition coefficient (Wildman–Crippen LogP) is 3.89. The zero-order valence-electron chi connectivity index (χ0n) is 24.3. The van der Waals surface area contributed by atoms with Crippen LogP contribution in [0, 0.1) is 0 Å². The van der Waals surface area contributed by atoms with Crippen LogP contribution >= 0.6 is 0 Å². The minimum absolute atomic E-state index is 0.157. The van der Waals surface area contributed by atoms with Crippen LogP contribution in [0.4, 0.5) is 0 Å². The summed E-state index contributed by atoms with van der Waals surface area (Å²) < 4.78 is 16.6. The highest BCUT2D eigenvalue weighted by atomic mass is 16.5. The van der Waals surface area contributed by atoms with Crippen molar-refractivity contribution in [2.75, 3.05) is 39.6 Å². The lowest BCUT2D eigenvalue weighted by atomic mass is 9.99. The molecule has 4 N–H and O–H groups in total. The van der Waals surface area contributed by atoms with Crippen molar-refractivity contribution in [3.63, 3.8) is 0 Å². The maximum Gasteiger partial charge on any atom is 0.305 e. The molecule has 0 unspecified atom stereocenters. The molecule has 0 heterocycles. The molecule has 0 aliphatic rings. The van der Waals surface area contributed by atoms with E-state index in [-0.39, 0.29) is 58.9 Å². The molecular weight excluding hydrogens is 570 g/mol. The van der Waals surface area contributed by atoms with E-state index in [1.807, 2.05) is 42.5 Å². The van der Waals surface area contributed by atoms with Gasteiger partial charge in [0.15, 0.2) is 0 Å². The molecule has 0 aromatic heterocycles. The summed E-state index contributed by atoms with van der Waals surface area (Å²) in [5.74, 6) is -3.71.